The molecule has 5 heteroatoms. The van der Waals surface area contributed by atoms with E-state index in [0.717, 1.165) is 11.3 Å². The summed E-state index contributed by atoms with van der Waals surface area (Å²) in [5.41, 5.74) is 1.60. The Morgan fingerprint density at radius 3 is 2.43 bits per heavy atom. The second-order valence-corrected chi connectivity index (χ2v) is 5.52. The molecule has 0 bridgehead atoms. The molecule has 1 amide bonds. The maximum Gasteiger partial charge on any atom is 0.265 e. The van der Waals surface area contributed by atoms with Crippen molar-refractivity contribution in [3.63, 3.8) is 0 Å². The Labute approximate surface area is 141 Å². The maximum atomic E-state index is 12.2. The summed E-state index contributed by atoms with van der Waals surface area (Å²) in [7, 11) is 0. The Hall–Kier alpha value is -2.20. The van der Waals surface area contributed by atoms with Crippen molar-refractivity contribution < 1.29 is 14.3 Å². The Morgan fingerprint density at radius 1 is 1.17 bits per heavy atom. The molecular formula is C18H20ClNO3. The van der Waals surface area contributed by atoms with Crippen LogP contribution in [0.25, 0.3) is 0 Å². The number of halogens is 1. The van der Waals surface area contributed by atoms with Gasteiger partial charge in [0.25, 0.3) is 5.91 Å². The molecule has 1 unspecified atom stereocenters. The Balaban J connectivity index is 1.95. The average Bonchev–Trinajstić information content (AvgIpc) is 2.53. The van der Waals surface area contributed by atoms with E-state index in [-0.39, 0.29) is 5.91 Å². The van der Waals surface area contributed by atoms with Crippen LogP contribution >= 0.6 is 11.6 Å². The number of carbonyl (C=O) groups is 1. The SMILES string of the molecule is CCOc1ccc(NC(=O)C(C)Oc2ccc(Cl)c(C)c2)cc1. The highest BCUT2D eigenvalue weighted by Crippen LogP contribution is 2.22. The molecule has 122 valence electrons. The van der Waals surface area contributed by atoms with Gasteiger partial charge in [0.15, 0.2) is 6.10 Å². The standard InChI is InChI=1S/C18H20ClNO3/c1-4-22-15-7-5-14(6-8-15)20-18(21)13(3)23-16-9-10-17(19)12(2)11-16/h5-11,13H,4H2,1-3H3,(H,20,21). The van der Waals surface area contributed by atoms with Gasteiger partial charge < -0.3 is 14.8 Å². The van der Waals surface area contributed by atoms with Crippen molar-refractivity contribution in [1.29, 1.82) is 0 Å². The summed E-state index contributed by atoms with van der Waals surface area (Å²) in [5, 5.41) is 3.48. The van der Waals surface area contributed by atoms with Gasteiger partial charge in [-0.1, -0.05) is 11.6 Å². The van der Waals surface area contributed by atoms with Gasteiger partial charge in [-0.15, -0.1) is 0 Å². The van der Waals surface area contributed by atoms with Crippen molar-refractivity contribution in [2.24, 2.45) is 0 Å². The highest BCUT2D eigenvalue weighted by atomic mass is 35.5. The minimum atomic E-state index is -0.623. The van der Waals surface area contributed by atoms with E-state index in [1.807, 2.05) is 32.0 Å². The van der Waals surface area contributed by atoms with Crippen LogP contribution < -0.4 is 14.8 Å². The number of hydrogen-bond donors (Lipinski definition) is 1. The van der Waals surface area contributed by atoms with Gasteiger partial charge in [-0.3, -0.25) is 4.79 Å². The summed E-state index contributed by atoms with van der Waals surface area (Å²) in [6.07, 6.45) is -0.623. The molecule has 1 N–H and O–H groups in total. The maximum absolute atomic E-state index is 12.2. The molecule has 0 saturated carbocycles. The van der Waals surface area contributed by atoms with Crippen molar-refractivity contribution in [1.82, 2.24) is 0 Å². The molecule has 0 radical (unpaired) electrons. The van der Waals surface area contributed by atoms with Gasteiger partial charge >= 0.3 is 0 Å². The summed E-state index contributed by atoms with van der Waals surface area (Å²) in [6.45, 7) is 6.12. The third-order valence-corrected chi connectivity index (χ3v) is 3.67. The molecule has 0 heterocycles. The summed E-state index contributed by atoms with van der Waals surface area (Å²) < 4.78 is 11.0. The minimum absolute atomic E-state index is 0.221. The second-order valence-electron chi connectivity index (χ2n) is 5.12. The van der Waals surface area contributed by atoms with Crippen LogP contribution in [0.3, 0.4) is 0 Å². The third kappa shape index (κ3) is 4.89. The Kier molecular flexibility index (Phi) is 5.88. The van der Waals surface area contributed by atoms with E-state index in [2.05, 4.69) is 5.32 Å². The first-order chi connectivity index (χ1) is 11.0. The number of hydrogen-bond acceptors (Lipinski definition) is 3. The molecule has 0 aliphatic heterocycles. The van der Waals surface area contributed by atoms with Gasteiger partial charge in [-0.2, -0.15) is 0 Å². The van der Waals surface area contributed by atoms with E-state index in [0.29, 0.717) is 23.1 Å². The topological polar surface area (TPSA) is 47.6 Å². The predicted molar refractivity (Wildman–Crippen MR) is 92.5 cm³/mol. The van der Waals surface area contributed by atoms with E-state index in [1.165, 1.54) is 0 Å². The molecular weight excluding hydrogens is 314 g/mol. The number of ether oxygens (including phenoxy) is 2. The van der Waals surface area contributed by atoms with Crippen LogP contribution in [0.1, 0.15) is 19.4 Å². The quantitative estimate of drug-likeness (QED) is 0.849. The lowest BCUT2D eigenvalue weighted by atomic mass is 10.2. The van der Waals surface area contributed by atoms with Gasteiger partial charge in [-0.25, -0.2) is 0 Å². The van der Waals surface area contributed by atoms with Gasteiger partial charge in [-0.05, 0) is 68.8 Å². The molecule has 4 nitrogen and oxygen atoms in total. The Morgan fingerprint density at radius 2 is 1.83 bits per heavy atom. The summed E-state index contributed by atoms with van der Waals surface area (Å²) in [5.74, 6) is 1.16. The molecule has 0 aromatic heterocycles. The van der Waals surface area contributed by atoms with E-state index in [1.54, 1.807) is 31.2 Å². The lowest BCUT2D eigenvalue weighted by Gasteiger charge is -2.15. The number of benzene rings is 2. The van der Waals surface area contributed by atoms with Crippen LogP contribution in [0.4, 0.5) is 5.69 Å². The van der Waals surface area contributed by atoms with Crippen molar-refractivity contribution in [3.05, 3.63) is 53.1 Å². The first-order valence-electron chi connectivity index (χ1n) is 7.46. The van der Waals surface area contributed by atoms with Gasteiger partial charge in [0.2, 0.25) is 0 Å². The molecule has 2 rings (SSSR count). The number of nitrogens with one attached hydrogen (secondary N) is 1. The molecule has 0 spiro atoms. The van der Waals surface area contributed by atoms with Crippen LogP contribution in [0.2, 0.25) is 5.02 Å². The first kappa shape index (κ1) is 17.2. The fourth-order valence-electron chi connectivity index (χ4n) is 1.99. The number of rotatable bonds is 6. The molecule has 0 saturated heterocycles. The number of carbonyl (C=O) groups excluding carboxylic acids is 1. The molecule has 0 fully saturated rings. The highest BCUT2D eigenvalue weighted by Gasteiger charge is 2.15. The van der Waals surface area contributed by atoms with Crippen molar-refractivity contribution in [2.45, 2.75) is 26.9 Å². The first-order valence-corrected chi connectivity index (χ1v) is 7.84. The fraction of sp³-hybridized carbons (Fsp3) is 0.278. The highest BCUT2D eigenvalue weighted by molar-refractivity contribution is 6.31. The lowest BCUT2D eigenvalue weighted by molar-refractivity contribution is -0.122. The smallest absolute Gasteiger partial charge is 0.265 e. The number of amides is 1. The zero-order valence-electron chi connectivity index (χ0n) is 13.4. The summed E-state index contributed by atoms with van der Waals surface area (Å²) >= 11 is 5.98. The van der Waals surface area contributed by atoms with Gasteiger partial charge in [0, 0.05) is 10.7 Å². The van der Waals surface area contributed by atoms with E-state index < -0.39 is 6.10 Å². The molecule has 0 aliphatic carbocycles. The predicted octanol–water partition coefficient (Wildman–Crippen LogP) is 4.45. The summed E-state index contributed by atoms with van der Waals surface area (Å²) in [4.78, 5) is 12.2. The van der Waals surface area contributed by atoms with E-state index in [4.69, 9.17) is 21.1 Å². The molecule has 2 aromatic carbocycles. The minimum Gasteiger partial charge on any atom is -0.494 e. The fourth-order valence-corrected chi connectivity index (χ4v) is 2.11. The van der Waals surface area contributed by atoms with Crippen molar-refractivity contribution in [2.75, 3.05) is 11.9 Å². The largest absolute Gasteiger partial charge is 0.494 e. The van der Waals surface area contributed by atoms with Crippen LogP contribution in [0.15, 0.2) is 42.5 Å². The van der Waals surface area contributed by atoms with Crippen molar-refractivity contribution in [3.8, 4) is 11.5 Å². The third-order valence-electron chi connectivity index (χ3n) is 3.24. The zero-order valence-corrected chi connectivity index (χ0v) is 14.2. The van der Waals surface area contributed by atoms with Crippen molar-refractivity contribution >= 4 is 23.2 Å². The van der Waals surface area contributed by atoms with Crippen LogP contribution in [-0.2, 0) is 4.79 Å². The Bertz CT molecular complexity index is 670. The van der Waals surface area contributed by atoms with Gasteiger partial charge in [0.1, 0.15) is 11.5 Å². The number of anilines is 1. The molecule has 2 aromatic rings. The normalized spacial score (nSPS) is 11.7. The monoisotopic (exact) mass is 333 g/mol. The zero-order chi connectivity index (χ0) is 16.8. The van der Waals surface area contributed by atoms with E-state index in [9.17, 15) is 4.79 Å². The van der Waals surface area contributed by atoms with E-state index >= 15 is 0 Å². The molecule has 1 atom stereocenters. The number of aryl methyl sites for hydroxylation is 1. The van der Waals surface area contributed by atoms with Crippen LogP contribution in [0, 0.1) is 6.92 Å². The summed E-state index contributed by atoms with van der Waals surface area (Å²) in [6, 6.07) is 12.5. The molecule has 0 aliphatic rings. The van der Waals surface area contributed by atoms with Crippen LogP contribution in [0.5, 0.6) is 11.5 Å². The molecule has 23 heavy (non-hydrogen) atoms. The average molecular weight is 334 g/mol. The van der Waals surface area contributed by atoms with Gasteiger partial charge in [0.05, 0.1) is 6.61 Å². The lowest BCUT2D eigenvalue weighted by Crippen LogP contribution is -2.30. The second kappa shape index (κ2) is 7.88. The van der Waals surface area contributed by atoms with Crippen LogP contribution in [-0.4, -0.2) is 18.6 Å².